The SMILES string of the molecule is CCC[NH+](CCC)[C@@H]1Cc2cc(Cl)c(O)cc2[C@H]1c1ccccc1.[Br-]. The Bertz CT molecular complexity index is 686. The van der Waals surface area contributed by atoms with Crippen LogP contribution in [0, 0.1) is 0 Å². The Labute approximate surface area is 166 Å². The van der Waals surface area contributed by atoms with Gasteiger partial charge in [0.25, 0.3) is 0 Å². The molecule has 1 aliphatic carbocycles. The Morgan fingerprint density at radius 1 is 1.08 bits per heavy atom. The summed E-state index contributed by atoms with van der Waals surface area (Å²) >= 11 is 6.18. The molecule has 0 amide bonds. The van der Waals surface area contributed by atoms with E-state index in [0.717, 1.165) is 6.42 Å². The zero-order chi connectivity index (χ0) is 17.1. The maximum Gasteiger partial charge on any atom is 0.134 e. The van der Waals surface area contributed by atoms with Crippen molar-refractivity contribution in [3.05, 3.63) is 64.2 Å². The maximum atomic E-state index is 10.1. The van der Waals surface area contributed by atoms with Crippen LogP contribution < -0.4 is 21.9 Å². The number of phenolic OH excluding ortho intramolecular Hbond substituents is 1. The molecule has 2 N–H and O–H groups in total. The number of halogens is 2. The van der Waals surface area contributed by atoms with Gasteiger partial charge < -0.3 is 27.0 Å². The first-order valence-electron chi connectivity index (χ1n) is 9.06. The van der Waals surface area contributed by atoms with E-state index >= 15 is 0 Å². The average Bonchev–Trinajstić information content (AvgIpc) is 2.94. The number of hydrogen-bond donors (Lipinski definition) is 2. The van der Waals surface area contributed by atoms with E-state index in [0.29, 0.717) is 17.0 Å². The van der Waals surface area contributed by atoms with Crippen LogP contribution in [0.5, 0.6) is 5.75 Å². The molecular weight excluding hydrogens is 398 g/mol. The number of phenols is 1. The summed E-state index contributed by atoms with van der Waals surface area (Å²) in [6, 6.07) is 15.1. The zero-order valence-corrected chi connectivity index (χ0v) is 17.3. The lowest BCUT2D eigenvalue weighted by Gasteiger charge is -2.30. The lowest BCUT2D eigenvalue weighted by atomic mass is 9.89. The van der Waals surface area contributed by atoms with E-state index in [-0.39, 0.29) is 22.7 Å². The van der Waals surface area contributed by atoms with E-state index in [2.05, 4.69) is 44.2 Å². The summed E-state index contributed by atoms with van der Waals surface area (Å²) < 4.78 is 0. The van der Waals surface area contributed by atoms with Gasteiger partial charge in [0.1, 0.15) is 11.8 Å². The van der Waals surface area contributed by atoms with Crippen molar-refractivity contribution in [2.45, 2.75) is 45.1 Å². The van der Waals surface area contributed by atoms with E-state index in [1.165, 1.54) is 42.6 Å². The van der Waals surface area contributed by atoms with Crippen LogP contribution in [0.4, 0.5) is 0 Å². The fraction of sp³-hybridized carbons (Fsp3) is 0.429. The molecule has 0 heterocycles. The van der Waals surface area contributed by atoms with Crippen molar-refractivity contribution in [1.29, 1.82) is 0 Å². The third kappa shape index (κ3) is 4.21. The second-order valence-electron chi connectivity index (χ2n) is 6.86. The fourth-order valence-electron chi connectivity index (χ4n) is 4.25. The number of nitrogens with one attached hydrogen (secondary N) is 1. The topological polar surface area (TPSA) is 24.7 Å². The van der Waals surface area contributed by atoms with Gasteiger partial charge in [-0.15, -0.1) is 0 Å². The van der Waals surface area contributed by atoms with Crippen molar-refractivity contribution in [1.82, 2.24) is 0 Å². The molecule has 0 saturated heterocycles. The molecule has 2 atom stereocenters. The van der Waals surface area contributed by atoms with Crippen molar-refractivity contribution in [3.8, 4) is 5.75 Å². The summed E-state index contributed by atoms with van der Waals surface area (Å²) in [4.78, 5) is 1.67. The Kier molecular flexibility index (Phi) is 7.36. The Morgan fingerprint density at radius 3 is 2.32 bits per heavy atom. The summed E-state index contributed by atoms with van der Waals surface area (Å²) in [7, 11) is 0. The minimum atomic E-state index is 0. The highest BCUT2D eigenvalue weighted by atomic mass is 79.9. The lowest BCUT2D eigenvalue weighted by molar-refractivity contribution is -0.926. The maximum absolute atomic E-state index is 10.1. The van der Waals surface area contributed by atoms with Gasteiger partial charge in [-0.25, -0.2) is 0 Å². The lowest BCUT2D eigenvalue weighted by Crippen LogP contribution is -3.16. The van der Waals surface area contributed by atoms with Crippen molar-refractivity contribution in [3.63, 3.8) is 0 Å². The quantitative estimate of drug-likeness (QED) is 0.705. The standard InChI is InChI=1S/C21H26ClNO.BrH/c1-3-10-23(11-4-2)19-13-16-12-18(22)20(24)14-17(16)21(19)15-8-6-5-7-9-15;/h5-9,12,14,19,21,24H,3-4,10-11,13H2,1-2H3;1H/t19-,21-;/m1./s1. The van der Waals surface area contributed by atoms with Crippen LogP contribution in [0.25, 0.3) is 0 Å². The third-order valence-electron chi connectivity index (χ3n) is 5.21. The first-order chi connectivity index (χ1) is 11.7. The monoisotopic (exact) mass is 423 g/mol. The van der Waals surface area contributed by atoms with E-state index in [9.17, 15) is 5.11 Å². The average molecular weight is 425 g/mol. The first kappa shape index (κ1) is 20.3. The van der Waals surface area contributed by atoms with Crippen molar-refractivity contribution in [2.75, 3.05) is 13.1 Å². The second-order valence-corrected chi connectivity index (χ2v) is 7.27. The highest BCUT2D eigenvalue weighted by molar-refractivity contribution is 6.32. The smallest absolute Gasteiger partial charge is 0.134 e. The van der Waals surface area contributed by atoms with E-state index in [1.54, 1.807) is 4.90 Å². The van der Waals surface area contributed by atoms with Gasteiger partial charge >= 0.3 is 0 Å². The van der Waals surface area contributed by atoms with Crippen LogP contribution in [0.1, 0.15) is 49.3 Å². The number of rotatable bonds is 6. The molecule has 136 valence electrons. The normalized spacial score (nSPS) is 18.9. The van der Waals surface area contributed by atoms with Gasteiger partial charge in [0.05, 0.1) is 24.0 Å². The molecule has 2 aromatic rings. The van der Waals surface area contributed by atoms with Gasteiger partial charge in [-0.3, -0.25) is 0 Å². The van der Waals surface area contributed by atoms with Crippen LogP contribution >= 0.6 is 11.6 Å². The second kappa shape index (κ2) is 9.07. The zero-order valence-electron chi connectivity index (χ0n) is 14.9. The summed E-state index contributed by atoms with van der Waals surface area (Å²) in [5.74, 6) is 0.530. The number of hydrogen-bond acceptors (Lipinski definition) is 1. The predicted octanol–water partition coefficient (Wildman–Crippen LogP) is 0.811. The molecule has 0 aromatic heterocycles. The minimum absolute atomic E-state index is 0. The van der Waals surface area contributed by atoms with E-state index < -0.39 is 0 Å². The van der Waals surface area contributed by atoms with Crippen LogP contribution in [0.15, 0.2) is 42.5 Å². The van der Waals surface area contributed by atoms with Crippen LogP contribution in [-0.4, -0.2) is 24.2 Å². The molecule has 0 fully saturated rings. The highest BCUT2D eigenvalue weighted by Crippen LogP contribution is 2.41. The molecule has 0 spiro atoms. The Hall–Kier alpha value is -1.03. The summed E-state index contributed by atoms with van der Waals surface area (Å²) in [6.45, 7) is 6.90. The van der Waals surface area contributed by atoms with Crippen molar-refractivity contribution in [2.24, 2.45) is 0 Å². The Morgan fingerprint density at radius 2 is 1.72 bits per heavy atom. The molecule has 1 aliphatic rings. The van der Waals surface area contributed by atoms with E-state index in [1.807, 2.05) is 12.1 Å². The van der Waals surface area contributed by atoms with Gasteiger partial charge in [-0.05, 0) is 41.7 Å². The van der Waals surface area contributed by atoms with Gasteiger partial charge in [0.15, 0.2) is 0 Å². The van der Waals surface area contributed by atoms with Crippen LogP contribution in [-0.2, 0) is 6.42 Å². The predicted molar refractivity (Wildman–Crippen MR) is 100 cm³/mol. The highest BCUT2D eigenvalue weighted by Gasteiger charge is 2.40. The molecule has 0 unspecified atom stereocenters. The molecule has 0 bridgehead atoms. The van der Waals surface area contributed by atoms with Crippen molar-refractivity contribution < 1.29 is 27.0 Å². The molecule has 0 aliphatic heterocycles. The summed E-state index contributed by atoms with van der Waals surface area (Å²) in [6.07, 6.45) is 3.41. The number of quaternary nitrogens is 1. The fourth-order valence-corrected chi connectivity index (χ4v) is 4.43. The van der Waals surface area contributed by atoms with Crippen LogP contribution in [0.3, 0.4) is 0 Å². The third-order valence-corrected chi connectivity index (χ3v) is 5.51. The van der Waals surface area contributed by atoms with Gasteiger partial charge in [-0.1, -0.05) is 55.8 Å². The molecule has 0 saturated carbocycles. The Balaban J connectivity index is 0.00000225. The van der Waals surface area contributed by atoms with Gasteiger partial charge in [0.2, 0.25) is 0 Å². The minimum Gasteiger partial charge on any atom is -1.00 e. The first-order valence-corrected chi connectivity index (χ1v) is 9.44. The molecule has 0 radical (unpaired) electrons. The molecule has 25 heavy (non-hydrogen) atoms. The molecule has 4 heteroatoms. The summed E-state index contributed by atoms with van der Waals surface area (Å²) in [5.41, 5.74) is 3.88. The van der Waals surface area contributed by atoms with Crippen molar-refractivity contribution >= 4 is 11.6 Å². The van der Waals surface area contributed by atoms with Crippen LogP contribution in [0.2, 0.25) is 5.02 Å². The van der Waals surface area contributed by atoms with Gasteiger partial charge in [0, 0.05) is 6.42 Å². The molecule has 3 rings (SSSR count). The molecule has 2 nitrogen and oxygen atoms in total. The number of aromatic hydroxyl groups is 1. The molecule has 2 aromatic carbocycles. The number of fused-ring (bicyclic) bond motifs is 1. The molecular formula is C21H27BrClNO. The van der Waals surface area contributed by atoms with E-state index in [4.69, 9.17) is 11.6 Å². The summed E-state index contributed by atoms with van der Waals surface area (Å²) in [5, 5.41) is 10.6. The number of benzene rings is 2. The van der Waals surface area contributed by atoms with Gasteiger partial charge in [-0.2, -0.15) is 0 Å². The largest absolute Gasteiger partial charge is 1.00 e.